The molecule has 0 unspecified atom stereocenters. The molecule has 0 amide bonds. The van der Waals surface area contributed by atoms with Crippen molar-refractivity contribution < 1.29 is 0 Å². The van der Waals surface area contributed by atoms with Crippen LogP contribution < -0.4 is 4.90 Å². The van der Waals surface area contributed by atoms with Gasteiger partial charge in [0.05, 0.1) is 28.1 Å². The number of hydrogen-bond acceptors (Lipinski definition) is 1. The lowest BCUT2D eigenvalue weighted by Gasteiger charge is -2.30. The van der Waals surface area contributed by atoms with Gasteiger partial charge in [-0.2, -0.15) is 0 Å². The number of nitrogens with zero attached hydrogens (tertiary/aromatic N) is 2. The minimum atomic E-state index is -0.0352. The largest absolute Gasteiger partial charge is 0.309 e. The van der Waals surface area contributed by atoms with Crippen LogP contribution in [0.15, 0.2) is 212 Å². The fourth-order valence-electron chi connectivity index (χ4n) is 11.2. The van der Waals surface area contributed by atoms with Crippen molar-refractivity contribution >= 4 is 71.2 Å². The van der Waals surface area contributed by atoms with E-state index in [1.54, 1.807) is 0 Å². The van der Waals surface area contributed by atoms with Crippen LogP contribution in [0.3, 0.4) is 0 Å². The van der Waals surface area contributed by atoms with Crippen LogP contribution in [0, 0.1) is 0 Å². The van der Waals surface area contributed by atoms with Gasteiger partial charge in [0.15, 0.2) is 0 Å². The summed E-state index contributed by atoms with van der Waals surface area (Å²) in [6.45, 7) is 20.8. The number of para-hydroxylation sites is 1. The van der Waals surface area contributed by atoms with Gasteiger partial charge in [-0.25, -0.2) is 0 Å². The summed E-state index contributed by atoms with van der Waals surface area (Å²) in [6, 6.07) is 79.9. The molecule has 12 aromatic rings. The van der Waals surface area contributed by atoms with E-state index in [0.29, 0.717) is 0 Å². The maximum atomic E-state index is 2.53. The highest BCUT2D eigenvalue weighted by Gasteiger charge is 2.26. The van der Waals surface area contributed by atoms with Crippen LogP contribution in [0.1, 0.15) is 79.0 Å². The molecule has 1 heterocycles. The maximum absolute atomic E-state index is 2.53. The van der Waals surface area contributed by atoms with Gasteiger partial charge in [0.1, 0.15) is 0 Å². The van der Waals surface area contributed by atoms with E-state index >= 15 is 0 Å². The second kappa shape index (κ2) is 16.8. The number of anilines is 3. The standard InChI is InChI=1S/C70H62N2/c1-68(2,3)52-31-37-64-59(43-52)60-44-53(69(4,5)6)32-38-65(60)72(64)63-36-30-48-27-33-57-62(35-29-47-28-34-58(63)67(48)66(47)57)71(61-26-17-16-25-56(61)46-21-14-11-15-22-46)55-24-18-23-49(42-55)51-39-50(45-19-12-10-13-20-45)40-54(41-51)70(7,8)9/h10-44H,1-9H3. The minimum absolute atomic E-state index is 0.0228. The molecule has 0 aliphatic carbocycles. The molecule has 2 nitrogen and oxygen atoms in total. The number of rotatable bonds is 7. The molecule has 0 N–H and O–H groups in total. The van der Waals surface area contributed by atoms with Crippen LogP contribution in [0.4, 0.5) is 17.1 Å². The van der Waals surface area contributed by atoms with Gasteiger partial charge in [0.2, 0.25) is 0 Å². The summed E-state index contributed by atoms with van der Waals surface area (Å²) < 4.78 is 2.53. The first-order chi connectivity index (χ1) is 34.6. The van der Waals surface area contributed by atoms with Crippen molar-refractivity contribution in [1.29, 1.82) is 0 Å². The molecule has 1 aromatic heterocycles. The highest BCUT2D eigenvalue weighted by molar-refractivity contribution is 6.27. The number of hydrogen-bond donors (Lipinski definition) is 0. The Balaban J connectivity index is 1.10. The van der Waals surface area contributed by atoms with Crippen LogP contribution in [0.25, 0.3) is 93.2 Å². The van der Waals surface area contributed by atoms with Crippen molar-refractivity contribution in [2.24, 2.45) is 0 Å². The lowest BCUT2D eigenvalue weighted by atomic mass is 9.83. The second-order valence-electron chi connectivity index (χ2n) is 23.1. The molecule has 0 atom stereocenters. The summed E-state index contributed by atoms with van der Waals surface area (Å²) in [5.41, 5.74) is 18.2. The molecule has 11 aromatic carbocycles. The molecule has 2 heteroatoms. The van der Waals surface area contributed by atoms with Gasteiger partial charge in [-0.15, -0.1) is 0 Å². The molecular formula is C70H62N2. The third kappa shape index (κ3) is 7.73. The Morgan fingerprint density at radius 2 is 0.833 bits per heavy atom. The van der Waals surface area contributed by atoms with E-state index in [1.165, 1.54) is 110 Å². The summed E-state index contributed by atoms with van der Waals surface area (Å²) >= 11 is 0. The molecule has 0 fully saturated rings. The lowest BCUT2D eigenvalue weighted by Crippen LogP contribution is -2.12. The van der Waals surface area contributed by atoms with E-state index in [9.17, 15) is 0 Å². The summed E-state index contributed by atoms with van der Waals surface area (Å²) in [6.07, 6.45) is 0. The van der Waals surface area contributed by atoms with Gasteiger partial charge < -0.3 is 9.47 Å². The summed E-state index contributed by atoms with van der Waals surface area (Å²) in [5, 5.41) is 10.1. The first-order valence-corrected chi connectivity index (χ1v) is 25.7. The smallest absolute Gasteiger partial charge is 0.0541 e. The van der Waals surface area contributed by atoms with E-state index in [2.05, 4.69) is 284 Å². The Morgan fingerprint density at radius 3 is 1.46 bits per heavy atom. The normalized spacial score (nSPS) is 12.5. The van der Waals surface area contributed by atoms with Crippen molar-refractivity contribution in [3.8, 4) is 39.1 Å². The van der Waals surface area contributed by atoms with Gasteiger partial charge in [0.25, 0.3) is 0 Å². The summed E-state index contributed by atoms with van der Waals surface area (Å²) in [4.78, 5) is 2.51. The van der Waals surface area contributed by atoms with Crippen LogP contribution in [0.5, 0.6) is 0 Å². The first-order valence-electron chi connectivity index (χ1n) is 25.7. The van der Waals surface area contributed by atoms with E-state index in [-0.39, 0.29) is 16.2 Å². The van der Waals surface area contributed by atoms with E-state index in [1.807, 2.05) is 0 Å². The van der Waals surface area contributed by atoms with E-state index < -0.39 is 0 Å². The lowest BCUT2D eigenvalue weighted by molar-refractivity contribution is 0.590. The quantitative estimate of drug-likeness (QED) is 0.145. The van der Waals surface area contributed by atoms with Crippen LogP contribution >= 0.6 is 0 Å². The number of fused-ring (bicyclic) bond motifs is 3. The average molecular weight is 931 g/mol. The zero-order valence-corrected chi connectivity index (χ0v) is 43.1. The van der Waals surface area contributed by atoms with Crippen molar-refractivity contribution in [2.75, 3.05) is 4.90 Å². The molecule has 72 heavy (non-hydrogen) atoms. The van der Waals surface area contributed by atoms with Crippen molar-refractivity contribution in [2.45, 2.75) is 78.6 Å². The minimum Gasteiger partial charge on any atom is -0.309 e. The second-order valence-corrected chi connectivity index (χ2v) is 23.1. The molecule has 0 spiro atoms. The number of benzene rings is 11. The van der Waals surface area contributed by atoms with E-state index in [0.717, 1.165) is 17.1 Å². The highest BCUT2D eigenvalue weighted by atomic mass is 15.1. The first kappa shape index (κ1) is 45.2. The summed E-state index contributed by atoms with van der Waals surface area (Å²) in [5.74, 6) is 0. The Kier molecular flexibility index (Phi) is 10.6. The maximum Gasteiger partial charge on any atom is 0.0541 e. The van der Waals surface area contributed by atoms with Gasteiger partial charge in [-0.05, 0) is 143 Å². The van der Waals surface area contributed by atoms with Crippen LogP contribution in [-0.4, -0.2) is 4.57 Å². The highest BCUT2D eigenvalue weighted by Crippen LogP contribution is 2.49. The van der Waals surface area contributed by atoms with Crippen molar-refractivity contribution in [1.82, 2.24) is 4.57 Å². The third-order valence-corrected chi connectivity index (χ3v) is 15.2. The number of aromatic nitrogens is 1. The molecule has 0 aliphatic rings. The fourth-order valence-corrected chi connectivity index (χ4v) is 11.2. The Labute approximate surface area is 425 Å². The van der Waals surface area contributed by atoms with Gasteiger partial charge in [0, 0.05) is 32.8 Å². The van der Waals surface area contributed by atoms with Crippen molar-refractivity contribution in [3.05, 3.63) is 229 Å². The monoisotopic (exact) mass is 930 g/mol. The molecule has 0 bridgehead atoms. The molecule has 352 valence electrons. The average Bonchev–Trinajstić information content (AvgIpc) is 3.71. The zero-order chi connectivity index (χ0) is 49.7. The molecule has 0 saturated heterocycles. The molecular weight excluding hydrogens is 869 g/mol. The SMILES string of the molecule is CC(C)(C)c1cc(-c2ccccc2)cc(-c2cccc(N(c3ccccc3-c3ccccc3)c3ccc4ccc5c(-n6c7ccc(C(C)(C)C)cc7c7cc(C(C)(C)C)ccc76)ccc6ccc3c4c65)c2)c1. The molecule has 0 aliphatic heterocycles. The third-order valence-electron chi connectivity index (χ3n) is 15.2. The predicted molar refractivity (Wildman–Crippen MR) is 312 cm³/mol. The predicted octanol–water partition coefficient (Wildman–Crippen LogP) is 20.0. The Bertz CT molecular complexity index is 3950. The topological polar surface area (TPSA) is 8.17 Å². The molecule has 0 saturated carbocycles. The van der Waals surface area contributed by atoms with Gasteiger partial charge in [-0.1, -0.05) is 214 Å². The molecule has 0 radical (unpaired) electrons. The van der Waals surface area contributed by atoms with E-state index in [4.69, 9.17) is 0 Å². The molecule has 12 rings (SSSR count). The van der Waals surface area contributed by atoms with Gasteiger partial charge in [-0.3, -0.25) is 0 Å². The zero-order valence-electron chi connectivity index (χ0n) is 43.1. The fraction of sp³-hybridized carbons (Fsp3) is 0.171. The van der Waals surface area contributed by atoms with Gasteiger partial charge >= 0.3 is 0 Å². The summed E-state index contributed by atoms with van der Waals surface area (Å²) in [7, 11) is 0. The van der Waals surface area contributed by atoms with Crippen LogP contribution in [0.2, 0.25) is 0 Å². The Morgan fingerprint density at radius 1 is 0.319 bits per heavy atom. The Hall–Kier alpha value is -7.94. The van der Waals surface area contributed by atoms with Crippen molar-refractivity contribution in [3.63, 3.8) is 0 Å². The van der Waals surface area contributed by atoms with Crippen LogP contribution in [-0.2, 0) is 16.2 Å².